The molecule has 0 unspecified atom stereocenters. The minimum Gasteiger partial charge on any atom is -0.481 e. The van der Waals surface area contributed by atoms with Gasteiger partial charge in [0.1, 0.15) is 0 Å². The average molecular weight is 233 g/mol. The van der Waals surface area contributed by atoms with Gasteiger partial charge in [-0.15, -0.1) is 11.3 Å². The molecule has 1 aromatic rings. The fourth-order valence-corrected chi connectivity index (χ4v) is 2.51. The van der Waals surface area contributed by atoms with Gasteiger partial charge in [-0.25, -0.2) is 0 Å². The normalized spacial score (nSPS) is 10.4. The maximum absolute atomic E-state index is 10.3. The van der Waals surface area contributed by atoms with Gasteiger partial charge in [0, 0.05) is 11.3 Å². The lowest BCUT2D eigenvalue weighted by Gasteiger charge is -1.95. The van der Waals surface area contributed by atoms with Crippen LogP contribution in [0.25, 0.3) is 0 Å². The Morgan fingerprint density at radius 1 is 1.57 bits per heavy atom. The first-order valence-electron chi connectivity index (χ1n) is 4.56. The fourth-order valence-electron chi connectivity index (χ4n) is 1.22. The summed E-state index contributed by atoms with van der Waals surface area (Å²) in [5, 5.41) is 8.44. The van der Waals surface area contributed by atoms with Crippen LogP contribution in [0.3, 0.4) is 0 Å². The molecule has 0 aliphatic heterocycles. The smallest absolute Gasteiger partial charge is 0.303 e. The monoisotopic (exact) mass is 232 g/mol. The van der Waals surface area contributed by atoms with Gasteiger partial charge in [-0.3, -0.25) is 4.79 Å². The molecule has 1 heterocycles. The number of aliphatic carboxylic acids is 1. The van der Waals surface area contributed by atoms with Crippen LogP contribution in [0.4, 0.5) is 0 Å². The Bertz CT molecular complexity index is 300. The van der Waals surface area contributed by atoms with Crippen molar-refractivity contribution in [3.8, 4) is 0 Å². The van der Waals surface area contributed by atoms with Crippen LogP contribution in [0.1, 0.15) is 29.7 Å². The third-order valence-electron chi connectivity index (χ3n) is 1.97. The summed E-state index contributed by atoms with van der Waals surface area (Å²) in [4.78, 5) is 11.5. The van der Waals surface area contributed by atoms with Gasteiger partial charge in [-0.1, -0.05) is 11.6 Å². The van der Waals surface area contributed by atoms with Gasteiger partial charge >= 0.3 is 5.97 Å². The summed E-state index contributed by atoms with van der Waals surface area (Å²) < 4.78 is 0.846. The maximum Gasteiger partial charge on any atom is 0.303 e. The first-order chi connectivity index (χ1) is 6.59. The van der Waals surface area contributed by atoms with Crippen LogP contribution in [-0.2, 0) is 11.2 Å². The van der Waals surface area contributed by atoms with E-state index in [1.54, 1.807) is 11.3 Å². The molecule has 0 fully saturated rings. The summed E-state index contributed by atoms with van der Waals surface area (Å²) in [7, 11) is 0. The third kappa shape index (κ3) is 3.68. The van der Waals surface area contributed by atoms with Gasteiger partial charge in [0.05, 0.1) is 4.34 Å². The Labute approximate surface area is 92.5 Å². The number of halogens is 1. The van der Waals surface area contributed by atoms with Crippen LogP contribution in [0, 0.1) is 6.92 Å². The molecule has 1 N–H and O–H groups in total. The summed E-state index contributed by atoms with van der Waals surface area (Å²) in [5.74, 6) is -0.717. The zero-order valence-corrected chi connectivity index (χ0v) is 9.62. The van der Waals surface area contributed by atoms with E-state index in [9.17, 15) is 4.79 Å². The van der Waals surface area contributed by atoms with Crippen molar-refractivity contribution in [2.45, 2.75) is 32.6 Å². The lowest BCUT2D eigenvalue weighted by molar-refractivity contribution is -0.137. The van der Waals surface area contributed by atoms with Gasteiger partial charge < -0.3 is 5.11 Å². The van der Waals surface area contributed by atoms with Crippen LogP contribution < -0.4 is 0 Å². The van der Waals surface area contributed by atoms with Gasteiger partial charge in [0.25, 0.3) is 0 Å². The molecule has 78 valence electrons. The lowest BCUT2D eigenvalue weighted by atomic mass is 10.1. The molecule has 14 heavy (non-hydrogen) atoms. The van der Waals surface area contributed by atoms with Crippen molar-refractivity contribution in [2.75, 3.05) is 0 Å². The topological polar surface area (TPSA) is 37.3 Å². The van der Waals surface area contributed by atoms with Crippen LogP contribution >= 0.6 is 22.9 Å². The van der Waals surface area contributed by atoms with Gasteiger partial charge in [0.15, 0.2) is 0 Å². The Kier molecular flexibility index (Phi) is 4.42. The predicted molar refractivity (Wildman–Crippen MR) is 59.3 cm³/mol. The third-order valence-corrected chi connectivity index (χ3v) is 3.59. The minimum absolute atomic E-state index is 0.262. The minimum atomic E-state index is -0.717. The van der Waals surface area contributed by atoms with Crippen LogP contribution in [0.5, 0.6) is 0 Å². The highest BCUT2D eigenvalue weighted by molar-refractivity contribution is 7.16. The molecule has 0 spiro atoms. The average Bonchev–Trinajstić information content (AvgIpc) is 2.40. The number of hydrogen-bond acceptors (Lipinski definition) is 2. The molecule has 1 rings (SSSR count). The number of carboxylic acid groups (broad SMARTS) is 1. The van der Waals surface area contributed by atoms with Crippen molar-refractivity contribution < 1.29 is 9.90 Å². The largest absolute Gasteiger partial charge is 0.481 e. The number of aryl methyl sites for hydroxylation is 2. The molecular formula is C10H13ClO2S. The van der Waals surface area contributed by atoms with E-state index in [2.05, 4.69) is 6.07 Å². The molecule has 0 amide bonds. The van der Waals surface area contributed by atoms with E-state index in [0.717, 1.165) is 29.2 Å². The van der Waals surface area contributed by atoms with Gasteiger partial charge in [-0.2, -0.15) is 0 Å². The second kappa shape index (κ2) is 5.37. The Morgan fingerprint density at radius 3 is 2.79 bits per heavy atom. The molecule has 0 saturated heterocycles. The number of carbonyl (C=O) groups is 1. The van der Waals surface area contributed by atoms with Crippen molar-refractivity contribution in [1.29, 1.82) is 0 Å². The zero-order chi connectivity index (χ0) is 10.6. The van der Waals surface area contributed by atoms with Crippen LogP contribution in [0.2, 0.25) is 4.34 Å². The molecule has 4 heteroatoms. The molecule has 0 aliphatic carbocycles. The fraction of sp³-hybridized carbons (Fsp3) is 0.500. The van der Waals surface area contributed by atoms with E-state index in [-0.39, 0.29) is 6.42 Å². The highest BCUT2D eigenvalue weighted by Gasteiger charge is 2.03. The molecule has 2 nitrogen and oxygen atoms in total. The summed E-state index contributed by atoms with van der Waals surface area (Å²) in [6.07, 6.45) is 2.86. The summed E-state index contributed by atoms with van der Waals surface area (Å²) >= 11 is 7.51. The van der Waals surface area contributed by atoms with Gasteiger partial charge in [-0.05, 0) is 37.8 Å². The van der Waals surface area contributed by atoms with Crippen molar-refractivity contribution in [2.24, 2.45) is 0 Å². The molecule has 0 saturated carbocycles. The summed E-state index contributed by atoms with van der Waals surface area (Å²) in [6, 6.07) is 2.08. The lowest BCUT2D eigenvalue weighted by Crippen LogP contribution is -1.94. The molecule has 0 radical (unpaired) electrons. The van der Waals surface area contributed by atoms with Gasteiger partial charge in [0.2, 0.25) is 0 Å². The van der Waals surface area contributed by atoms with Crippen molar-refractivity contribution in [1.82, 2.24) is 0 Å². The number of thiophene rings is 1. The van der Waals surface area contributed by atoms with E-state index < -0.39 is 5.97 Å². The molecular weight excluding hydrogens is 220 g/mol. The predicted octanol–water partition coefficient (Wildman–Crippen LogP) is 3.51. The number of unbranched alkanes of at least 4 members (excludes halogenated alkanes) is 1. The highest BCUT2D eigenvalue weighted by Crippen LogP contribution is 2.27. The van der Waals surface area contributed by atoms with Crippen molar-refractivity contribution in [3.63, 3.8) is 0 Å². The summed E-state index contributed by atoms with van der Waals surface area (Å²) in [6.45, 7) is 1.99. The zero-order valence-electron chi connectivity index (χ0n) is 8.05. The Morgan fingerprint density at radius 2 is 2.29 bits per heavy atom. The van der Waals surface area contributed by atoms with E-state index >= 15 is 0 Å². The summed E-state index contributed by atoms with van der Waals surface area (Å²) in [5.41, 5.74) is 1.12. The second-order valence-electron chi connectivity index (χ2n) is 3.27. The quantitative estimate of drug-likeness (QED) is 0.789. The van der Waals surface area contributed by atoms with E-state index in [0.29, 0.717) is 0 Å². The van der Waals surface area contributed by atoms with E-state index in [1.165, 1.54) is 4.88 Å². The standard InChI is InChI=1S/C10H13ClO2S/c1-7-6-8(14-10(7)11)4-2-3-5-9(12)13/h6H,2-5H2,1H3,(H,12,13). The Balaban J connectivity index is 2.28. The molecule has 0 aromatic carbocycles. The number of hydrogen-bond donors (Lipinski definition) is 1. The maximum atomic E-state index is 10.3. The first kappa shape index (κ1) is 11.5. The molecule has 0 aliphatic rings. The van der Waals surface area contributed by atoms with Crippen LogP contribution in [-0.4, -0.2) is 11.1 Å². The SMILES string of the molecule is Cc1cc(CCCCC(=O)O)sc1Cl. The van der Waals surface area contributed by atoms with E-state index in [4.69, 9.17) is 16.7 Å². The van der Waals surface area contributed by atoms with E-state index in [1.807, 2.05) is 6.92 Å². The molecule has 1 aromatic heterocycles. The second-order valence-corrected chi connectivity index (χ2v) is 5.01. The highest BCUT2D eigenvalue weighted by atomic mass is 35.5. The molecule has 0 atom stereocenters. The van der Waals surface area contributed by atoms with Crippen LogP contribution in [0.15, 0.2) is 6.07 Å². The van der Waals surface area contributed by atoms with Crippen molar-refractivity contribution >= 4 is 28.9 Å². The Hall–Kier alpha value is -0.540. The number of rotatable bonds is 5. The van der Waals surface area contributed by atoms with Crippen molar-refractivity contribution in [3.05, 3.63) is 20.8 Å². The molecule has 0 bridgehead atoms. The number of carboxylic acids is 1. The first-order valence-corrected chi connectivity index (χ1v) is 5.75.